The minimum absolute atomic E-state index is 0.684. The van der Waals surface area contributed by atoms with Crippen molar-refractivity contribution in [2.45, 2.75) is 51.5 Å². The lowest BCUT2D eigenvalue weighted by Crippen LogP contribution is -2.27. The van der Waals surface area contributed by atoms with E-state index in [0.717, 1.165) is 31.3 Å². The molecular weight excluding hydrogens is 222 g/mol. The van der Waals surface area contributed by atoms with Gasteiger partial charge in [0.05, 0.1) is 5.69 Å². The van der Waals surface area contributed by atoms with Crippen LogP contribution in [-0.4, -0.2) is 16.5 Å². The Morgan fingerprint density at radius 3 is 2.50 bits per heavy atom. The highest BCUT2D eigenvalue weighted by Crippen LogP contribution is 2.53. The summed E-state index contributed by atoms with van der Waals surface area (Å²) in [6.07, 6.45) is 6.70. The van der Waals surface area contributed by atoms with Crippen molar-refractivity contribution in [2.24, 2.45) is 11.8 Å². The van der Waals surface area contributed by atoms with Gasteiger partial charge in [-0.3, -0.25) is 0 Å². The van der Waals surface area contributed by atoms with Crippen molar-refractivity contribution in [3.05, 3.63) is 22.8 Å². The average Bonchev–Trinajstić information content (AvgIpc) is 3.24. The maximum atomic E-state index is 4.95. The van der Waals surface area contributed by atoms with Crippen LogP contribution in [0, 0.1) is 18.8 Å². The highest BCUT2D eigenvalue weighted by atomic mass is 15.0. The molecule has 2 fully saturated rings. The van der Waals surface area contributed by atoms with Crippen LogP contribution < -0.4 is 5.32 Å². The van der Waals surface area contributed by atoms with E-state index in [1.807, 2.05) is 0 Å². The lowest BCUT2D eigenvalue weighted by atomic mass is 9.95. The minimum Gasteiger partial charge on any atom is -0.312 e. The quantitative estimate of drug-likeness (QED) is 0.885. The van der Waals surface area contributed by atoms with Gasteiger partial charge in [0.1, 0.15) is 5.82 Å². The Morgan fingerprint density at radius 1 is 1.11 bits per heavy atom. The highest BCUT2D eigenvalue weighted by molar-refractivity contribution is 5.29. The van der Waals surface area contributed by atoms with Crippen LogP contribution >= 0.6 is 0 Å². The van der Waals surface area contributed by atoms with Crippen LogP contribution in [0.2, 0.25) is 0 Å². The van der Waals surface area contributed by atoms with Gasteiger partial charge in [-0.25, -0.2) is 9.97 Å². The van der Waals surface area contributed by atoms with Crippen LogP contribution in [0.5, 0.6) is 0 Å². The standard InChI is InChI=1S/C15H21N3/c1-9-12-8-16-7-6-13(12)18-15(17-9)14(10-2-3-10)11-4-5-11/h10-11,14,16H,2-8H2,1H3. The van der Waals surface area contributed by atoms with Gasteiger partial charge in [0.2, 0.25) is 0 Å². The Bertz CT molecular complexity index is 463. The van der Waals surface area contributed by atoms with E-state index in [0.29, 0.717) is 5.92 Å². The molecule has 2 saturated carbocycles. The highest BCUT2D eigenvalue weighted by Gasteiger charge is 2.44. The van der Waals surface area contributed by atoms with E-state index in [1.54, 1.807) is 0 Å². The van der Waals surface area contributed by atoms with Crippen molar-refractivity contribution in [1.82, 2.24) is 15.3 Å². The Labute approximate surface area is 108 Å². The molecule has 1 N–H and O–H groups in total. The number of aromatic nitrogens is 2. The Hall–Kier alpha value is -0.960. The summed E-state index contributed by atoms with van der Waals surface area (Å²) in [5.41, 5.74) is 3.89. The number of rotatable bonds is 3. The molecule has 2 heterocycles. The fourth-order valence-electron chi connectivity index (χ4n) is 3.40. The summed E-state index contributed by atoms with van der Waals surface area (Å²) in [7, 11) is 0. The van der Waals surface area contributed by atoms with Gasteiger partial charge in [-0.2, -0.15) is 0 Å². The normalized spacial score (nSPS) is 23.2. The van der Waals surface area contributed by atoms with Gasteiger partial charge in [-0.15, -0.1) is 0 Å². The first-order chi connectivity index (χ1) is 8.83. The first kappa shape index (κ1) is 10.9. The van der Waals surface area contributed by atoms with Crippen LogP contribution in [0.4, 0.5) is 0 Å². The smallest absolute Gasteiger partial charge is 0.132 e. The van der Waals surface area contributed by atoms with Crippen molar-refractivity contribution in [1.29, 1.82) is 0 Å². The van der Waals surface area contributed by atoms with E-state index in [-0.39, 0.29) is 0 Å². The van der Waals surface area contributed by atoms with Gasteiger partial charge in [0.25, 0.3) is 0 Å². The van der Waals surface area contributed by atoms with E-state index in [9.17, 15) is 0 Å². The first-order valence-corrected chi connectivity index (χ1v) is 7.40. The van der Waals surface area contributed by atoms with Gasteiger partial charge in [-0.1, -0.05) is 0 Å². The molecular formula is C15H21N3. The molecule has 1 aromatic heterocycles. The number of nitrogens with one attached hydrogen (secondary N) is 1. The second-order valence-electron chi connectivity index (χ2n) is 6.22. The largest absolute Gasteiger partial charge is 0.312 e. The maximum Gasteiger partial charge on any atom is 0.132 e. The van der Waals surface area contributed by atoms with E-state index in [2.05, 4.69) is 12.2 Å². The summed E-state index contributed by atoms with van der Waals surface area (Å²) in [6.45, 7) is 4.19. The molecule has 0 aromatic carbocycles. The van der Waals surface area contributed by atoms with E-state index >= 15 is 0 Å². The second-order valence-corrected chi connectivity index (χ2v) is 6.22. The molecule has 3 nitrogen and oxygen atoms in total. The summed E-state index contributed by atoms with van der Waals surface area (Å²) in [4.78, 5) is 9.80. The molecule has 0 atom stereocenters. The molecule has 0 radical (unpaired) electrons. The molecule has 0 unspecified atom stereocenters. The summed E-state index contributed by atoms with van der Waals surface area (Å²) in [5.74, 6) is 3.66. The maximum absolute atomic E-state index is 4.95. The SMILES string of the molecule is Cc1nc(C(C2CC2)C2CC2)nc2c1CNCC2. The summed E-state index contributed by atoms with van der Waals surface area (Å²) < 4.78 is 0. The number of aryl methyl sites for hydroxylation is 1. The number of hydrogen-bond acceptors (Lipinski definition) is 3. The molecule has 3 heteroatoms. The fraction of sp³-hybridized carbons (Fsp3) is 0.733. The monoisotopic (exact) mass is 243 g/mol. The molecule has 96 valence electrons. The zero-order valence-electron chi connectivity index (χ0n) is 11.1. The third-order valence-corrected chi connectivity index (χ3v) is 4.72. The van der Waals surface area contributed by atoms with Crippen LogP contribution in [0.15, 0.2) is 0 Å². The van der Waals surface area contributed by atoms with E-state index in [1.165, 1.54) is 48.5 Å². The van der Waals surface area contributed by atoms with Crippen molar-refractivity contribution < 1.29 is 0 Å². The molecule has 4 rings (SSSR count). The molecule has 0 saturated heterocycles. The number of fused-ring (bicyclic) bond motifs is 1. The van der Waals surface area contributed by atoms with Crippen LogP contribution in [0.25, 0.3) is 0 Å². The molecule has 1 aromatic rings. The van der Waals surface area contributed by atoms with Crippen molar-refractivity contribution >= 4 is 0 Å². The van der Waals surface area contributed by atoms with Gasteiger partial charge in [-0.05, 0) is 44.4 Å². The molecule has 2 aliphatic carbocycles. The Kier molecular flexibility index (Phi) is 2.44. The van der Waals surface area contributed by atoms with E-state index in [4.69, 9.17) is 9.97 Å². The topological polar surface area (TPSA) is 37.8 Å². The zero-order chi connectivity index (χ0) is 12.1. The lowest BCUT2D eigenvalue weighted by Gasteiger charge is -2.21. The molecule has 0 amide bonds. The van der Waals surface area contributed by atoms with Crippen molar-refractivity contribution in [3.8, 4) is 0 Å². The molecule has 18 heavy (non-hydrogen) atoms. The number of nitrogens with zero attached hydrogens (tertiary/aromatic N) is 2. The lowest BCUT2D eigenvalue weighted by molar-refractivity contribution is 0.498. The van der Waals surface area contributed by atoms with Gasteiger partial charge in [0.15, 0.2) is 0 Å². The minimum atomic E-state index is 0.684. The fourth-order valence-corrected chi connectivity index (χ4v) is 3.40. The Balaban J connectivity index is 1.73. The average molecular weight is 243 g/mol. The molecule has 3 aliphatic rings. The predicted octanol–water partition coefficient (Wildman–Crippen LogP) is 2.33. The molecule has 0 spiro atoms. The van der Waals surface area contributed by atoms with Gasteiger partial charge in [0, 0.05) is 36.7 Å². The summed E-state index contributed by atoms with van der Waals surface area (Å²) in [5, 5.41) is 3.42. The van der Waals surface area contributed by atoms with Crippen molar-refractivity contribution in [2.75, 3.05) is 6.54 Å². The number of hydrogen-bond donors (Lipinski definition) is 1. The van der Waals surface area contributed by atoms with Crippen LogP contribution in [0.1, 0.15) is 54.4 Å². The first-order valence-electron chi connectivity index (χ1n) is 7.40. The van der Waals surface area contributed by atoms with Crippen molar-refractivity contribution in [3.63, 3.8) is 0 Å². The summed E-state index contributed by atoms with van der Waals surface area (Å²) in [6, 6.07) is 0. The van der Waals surface area contributed by atoms with E-state index < -0.39 is 0 Å². The van der Waals surface area contributed by atoms with Crippen LogP contribution in [-0.2, 0) is 13.0 Å². The third-order valence-electron chi connectivity index (χ3n) is 4.72. The summed E-state index contributed by atoms with van der Waals surface area (Å²) >= 11 is 0. The predicted molar refractivity (Wildman–Crippen MR) is 70.4 cm³/mol. The molecule has 1 aliphatic heterocycles. The van der Waals surface area contributed by atoms with Gasteiger partial charge < -0.3 is 5.32 Å². The Morgan fingerprint density at radius 2 is 1.83 bits per heavy atom. The second kappa shape index (κ2) is 4.02. The third kappa shape index (κ3) is 1.85. The zero-order valence-corrected chi connectivity index (χ0v) is 11.1. The molecule has 0 bridgehead atoms. The van der Waals surface area contributed by atoms with Gasteiger partial charge >= 0.3 is 0 Å². The van der Waals surface area contributed by atoms with Crippen LogP contribution in [0.3, 0.4) is 0 Å².